The smallest absolute Gasteiger partial charge is 0.253 e. The van der Waals surface area contributed by atoms with E-state index in [9.17, 15) is 9.59 Å². The summed E-state index contributed by atoms with van der Waals surface area (Å²) in [7, 11) is 0. The van der Waals surface area contributed by atoms with Crippen molar-refractivity contribution in [1.29, 1.82) is 0 Å². The fourth-order valence-electron chi connectivity index (χ4n) is 3.35. The average Bonchev–Trinajstić information content (AvgIpc) is 3.19. The van der Waals surface area contributed by atoms with Gasteiger partial charge in [0.2, 0.25) is 5.91 Å². The molecule has 0 unspecified atom stereocenters. The Balaban J connectivity index is 1.51. The van der Waals surface area contributed by atoms with E-state index < -0.39 is 0 Å². The van der Waals surface area contributed by atoms with Crippen LogP contribution in [0.25, 0.3) is 0 Å². The Bertz CT molecular complexity index is 768. The van der Waals surface area contributed by atoms with E-state index in [1.54, 1.807) is 12.4 Å². The molecule has 0 bridgehead atoms. The average molecular weight is 368 g/mol. The lowest BCUT2D eigenvalue weighted by Gasteiger charge is -2.31. The van der Waals surface area contributed by atoms with E-state index in [-0.39, 0.29) is 23.1 Å². The minimum absolute atomic E-state index is 0.0352. The summed E-state index contributed by atoms with van der Waals surface area (Å²) in [5.74, 6) is 0.778. The predicted molar refractivity (Wildman–Crippen MR) is 104 cm³/mol. The minimum atomic E-state index is -0.0488. The second kappa shape index (κ2) is 7.94. The molecule has 1 aliphatic heterocycles. The number of likely N-dealkylation sites (tertiary alicyclic amines) is 1. The van der Waals surface area contributed by atoms with Crippen LogP contribution in [-0.4, -0.2) is 39.8 Å². The van der Waals surface area contributed by atoms with Crippen molar-refractivity contribution < 1.29 is 9.59 Å². The summed E-state index contributed by atoms with van der Waals surface area (Å²) in [6.45, 7) is 8.10. The molecule has 0 saturated carbocycles. The normalized spacial score (nSPS) is 15.6. The van der Waals surface area contributed by atoms with Crippen molar-refractivity contribution in [2.24, 2.45) is 5.92 Å². The molecule has 0 spiro atoms. The van der Waals surface area contributed by atoms with Crippen LogP contribution in [0, 0.1) is 5.92 Å². The van der Waals surface area contributed by atoms with Crippen molar-refractivity contribution in [3.63, 3.8) is 0 Å². The molecule has 0 atom stereocenters. The van der Waals surface area contributed by atoms with Gasteiger partial charge in [-0.25, -0.2) is 4.98 Å². The third kappa shape index (κ3) is 4.76. The fraction of sp³-hybridized carbons (Fsp3) is 0.476. The molecule has 0 radical (unpaired) electrons. The van der Waals surface area contributed by atoms with Gasteiger partial charge in [0.05, 0.1) is 6.54 Å². The Morgan fingerprint density at radius 3 is 2.41 bits per heavy atom. The van der Waals surface area contributed by atoms with E-state index in [0.29, 0.717) is 38.0 Å². The number of benzene rings is 1. The van der Waals surface area contributed by atoms with Crippen LogP contribution >= 0.6 is 0 Å². The van der Waals surface area contributed by atoms with Crippen molar-refractivity contribution in [2.45, 2.75) is 45.6 Å². The number of H-pyrrole nitrogens is 1. The number of carbonyl (C=O) groups is 2. The van der Waals surface area contributed by atoms with Crippen LogP contribution in [0.15, 0.2) is 36.7 Å². The van der Waals surface area contributed by atoms with Crippen LogP contribution in [0.1, 0.15) is 55.4 Å². The highest BCUT2D eigenvalue weighted by Gasteiger charge is 2.28. The van der Waals surface area contributed by atoms with E-state index in [1.807, 2.05) is 29.2 Å². The van der Waals surface area contributed by atoms with Crippen LogP contribution in [0.2, 0.25) is 0 Å². The molecule has 2 amide bonds. The zero-order chi connectivity index (χ0) is 19.4. The first-order valence-electron chi connectivity index (χ1n) is 9.50. The number of hydrogen-bond acceptors (Lipinski definition) is 3. The van der Waals surface area contributed by atoms with Crippen LogP contribution in [-0.2, 0) is 16.8 Å². The molecule has 2 heterocycles. The van der Waals surface area contributed by atoms with Gasteiger partial charge in [-0.05, 0) is 36.0 Å². The fourth-order valence-corrected chi connectivity index (χ4v) is 3.35. The summed E-state index contributed by atoms with van der Waals surface area (Å²) in [5.41, 5.74) is 2.00. The summed E-state index contributed by atoms with van der Waals surface area (Å²) in [6.07, 6.45) is 4.78. The summed E-state index contributed by atoms with van der Waals surface area (Å²) in [4.78, 5) is 34.0. The first kappa shape index (κ1) is 19.1. The standard InChI is InChI=1S/C21H28N4O2/c1-21(2,3)17-6-4-16(5-7-17)20(27)25-12-8-15(9-13-25)19(26)24-14-18-22-10-11-23-18/h4-7,10-11,15H,8-9,12-14H2,1-3H3,(H,22,23)(H,24,26). The second-order valence-electron chi connectivity index (χ2n) is 8.15. The lowest BCUT2D eigenvalue weighted by Crippen LogP contribution is -2.43. The molecule has 1 aliphatic rings. The van der Waals surface area contributed by atoms with Crippen molar-refractivity contribution >= 4 is 11.8 Å². The molecule has 1 aromatic heterocycles. The largest absolute Gasteiger partial charge is 0.349 e. The van der Waals surface area contributed by atoms with Crippen molar-refractivity contribution in [3.8, 4) is 0 Å². The third-order valence-electron chi connectivity index (χ3n) is 5.14. The van der Waals surface area contributed by atoms with Gasteiger partial charge >= 0.3 is 0 Å². The van der Waals surface area contributed by atoms with E-state index >= 15 is 0 Å². The van der Waals surface area contributed by atoms with Gasteiger partial charge in [0.25, 0.3) is 5.91 Å². The molecular formula is C21H28N4O2. The monoisotopic (exact) mass is 368 g/mol. The molecule has 27 heavy (non-hydrogen) atoms. The van der Waals surface area contributed by atoms with Crippen LogP contribution in [0.3, 0.4) is 0 Å². The molecule has 3 rings (SSSR count). The van der Waals surface area contributed by atoms with E-state index in [4.69, 9.17) is 0 Å². The van der Waals surface area contributed by atoms with Crippen LogP contribution in [0.5, 0.6) is 0 Å². The Kier molecular flexibility index (Phi) is 5.63. The number of amides is 2. The van der Waals surface area contributed by atoms with Gasteiger partial charge in [-0.3, -0.25) is 9.59 Å². The maximum Gasteiger partial charge on any atom is 0.253 e. The molecule has 2 N–H and O–H groups in total. The predicted octanol–water partition coefficient (Wildman–Crippen LogP) is 2.88. The van der Waals surface area contributed by atoms with Crippen molar-refractivity contribution in [3.05, 3.63) is 53.6 Å². The molecule has 0 aliphatic carbocycles. The van der Waals surface area contributed by atoms with Crippen LogP contribution < -0.4 is 5.32 Å². The summed E-state index contributed by atoms with van der Waals surface area (Å²) < 4.78 is 0. The van der Waals surface area contributed by atoms with Gasteiger partial charge in [-0.2, -0.15) is 0 Å². The van der Waals surface area contributed by atoms with Gasteiger partial charge < -0.3 is 15.2 Å². The number of aromatic amines is 1. The molecule has 2 aromatic rings. The Morgan fingerprint density at radius 1 is 1.19 bits per heavy atom. The summed E-state index contributed by atoms with van der Waals surface area (Å²) >= 11 is 0. The highest BCUT2D eigenvalue weighted by atomic mass is 16.2. The number of imidazole rings is 1. The quantitative estimate of drug-likeness (QED) is 0.871. The lowest BCUT2D eigenvalue weighted by atomic mass is 9.86. The van der Waals surface area contributed by atoms with Gasteiger partial charge in [0.1, 0.15) is 5.82 Å². The van der Waals surface area contributed by atoms with Gasteiger partial charge in [0, 0.05) is 37.0 Å². The number of carbonyl (C=O) groups excluding carboxylic acids is 2. The highest BCUT2D eigenvalue weighted by molar-refractivity contribution is 5.94. The SMILES string of the molecule is CC(C)(C)c1ccc(C(=O)N2CCC(C(=O)NCc3ncc[nH]3)CC2)cc1. The number of rotatable bonds is 4. The van der Waals surface area contributed by atoms with Crippen molar-refractivity contribution in [2.75, 3.05) is 13.1 Å². The third-order valence-corrected chi connectivity index (χ3v) is 5.14. The molecule has 1 fully saturated rings. The molecular weight excluding hydrogens is 340 g/mol. The molecule has 144 valence electrons. The maximum atomic E-state index is 12.7. The van der Waals surface area contributed by atoms with Gasteiger partial charge in [0.15, 0.2) is 0 Å². The topological polar surface area (TPSA) is 78.1 Å². The van der Waals surface area contributed by atoms with E-state index in [0.717, 1.165) is 5.82 Å². The second-order valence-corrected chi connectivity index (χ2v) is 8.15. The van der Waals surface area contributed by atoms with Crippen molar-refractivity contribution in [1.82, 2.24) is 20.2 Å². The zero-order valence-electron chi connectivity index (χ0n) is 16.3. The molecule has 1 aromatic carbocycles. The Morgan fingerprint density at radius 2 is 1.85 bits per heavy atom. The Hall–Kier alpha value is -2.63. The van der Waals surface area contributed by atoms with E-state index in [2.05, 4.69) is 36.1 Å². The lowest BCUT2D eigenvalue weighted by molar-refractivity contribution is -0.126. The van der Waals surface area contributed by atoms with E-state index in [1.165, 1.54) is 5.56 Å². The Labute approximate surface area is 160 Å². The number of nitrogens with zero attached hydrogens (tertiary/aromatic N) is 2. The number of aromatic nitrogens is 2. The van der Waals surface area contributed by atoms with Gasteiger partial charge in [-0.15, -0.1) is 0 Å². The molecule has 6 heteroatoms. The highest BCUT2D eigenvalue weighted by Crippen LogP contribution is 2.24. The zero-order valence-corrected chi connectivity index (χ0v) is 16.3. The number of piperidine rings is 1. The first-order chi connectivity index (χ1) is 12.8. The molecule has 1 saturated heterocycles. The molecule has 6 nitrogen and oxygen atoms in total. The van der Waals surface area contributed by atoms with Crippen LogP contribution in [0.4, 0.5) is 0 Å². The minimum Gasteiger partial charge on any atom is -0.349 e. The maximum absolute atomic E-state index is 12.7. The summed E-state index contributed by atoms with van der Waals surface area (Å²) in [5, 5.41) is 2.91. The summed E-state index contributed by atoms with van der Waals surface area (Å²) in [6, 6.07) is 7.88. The van der Waals surface area contributed by atoms with Gasteiger partial charge in [-0.1, -0.05) is 32.9 Å². The number of nitrogens with one attached hydrogen (secondary N) is 2. The first-order valence-corrected chi connectivity index (χ1v) is 9.50. The number of hydrogen-bond donors (Lipinski definition) is 2.